The van der Waals surface area contributed by atoms with Gasteiger partial charge in [-0.25, -0.2) is 0 Å². The first-order valence-corrected chi connectivity index (χ1v) is 7.76. The Hall–Kier alpha value is -2.94. The molecule has 23 heavy (non-hydrogen) atoms. The van der Waals surface area contributed by atoms with Crippen molar-refractivity contribution in [1.29, 1.82) is 0 Å². The minimum Gasteiger partial charge on any atom is -0.379 e. The minimum absolute atomic E-state index is 0.0561. The summed E-state index contributed by atoms with van der Waals surface area (Å²) >= 11 is 0. The molecule has 0 atom stereocenters. The van der Waals surface area contributed by atoms with Crippen LogP contribution in [0.15, 0.2) is 53.4 Å². The Labute approximate surface area is 132 Å². The molecule has 0 aliphatic heterocycles. The first-order valence-electron chi connectivity index (χ1n) is 6.35. The van der Waals surface area contributed by atoms with Gasteiger partial charge in [0.25, 0.3) is 5.69 Å². The molecule has 1 amide bonds. The maximum Gasteiger partial charge on any atom is 0.339 e. The van der Waals surface area contributed by atoms with Crippen molar-refractivity contribution in [2.24, 2.45) is 0 Å². The van der Waals surface area contributed by atoms with Gasteiger partial charge in [0, 0.05) is 19.1 Å². The number of carbonyl (C=O) groups excluding carboxylic acids is 1. The van der Waals surface area contributed by atoms with Crippen molar-refractivity contribution in [3.63, 3.8) is 0 Å². The predicted octanol–water partition coefficient (Wildman–Crippen LogP) is 2.32. The molecule has 0 saturated heterocycles. The van der Waals surface area contributed by atoms with Gasteiger partial charge in [0.05, 0.1) is 4.92 Å². The van der Waals surface area contributed by atoms with Gasteiger partial charge in [-0.2, -0.15) is 8.42 Å². The second kappa shape index (κ2) is 6.44. The van der Waals surface area contributed by atoms with Crippen LogP contribution in [0.3, 0.4) is 0 Å². The molecule has 2 rings (SSSR count). The lowest BCUT2D eigenvalue weighted by atomic mass is 10.2. The highest BCUT2D eigenvalue weighted by atomic mass is 32.2. The van der Waals surface area contributed by atoms with Crippen molar-refractivity contribution < 1.29 is 22.3 Å². The quantitative estimate of drug-likeness (QED) is 0.509. The smallest absolute Gasteiger partial charge is 0.339 e. The van der Waals surface area contributed by atoms with Gasteiger partial charge < -0.3 is 9.50 Å². The molecule has 0 aromatic heterocycles. The highest BCUT2D eigenvalue weighted by molar-refractivity contribution is 7.87. The largest absolute Gasteiger partial charge is 0.379 e. The van der Waals surface area contributed by atoms with E-state index in [0.29, 0.717) is 0 Å². The first-order chi connectivity index (χ1) is 10.8. The van der Waals surface area contributed by atoms with Gasteiger partial charge >= 0.3 is 10.1 Å². The molecule has 120 valence electrons. The molecule has 0 unspecified atom stereocenters. The molecule has 0 radical (unpaired) electrons. The molecule has 0 fully saturated rings. The van der Waals surface area contributed by atoms with Crippen LogP contribution in [0.25, 0.3) is 0 Å². The third-order valence-electron chi connectivity index (χ3n) is 2.71. The zero-order chi connectivity index (χ0) is 17.0. The van der Waals surface area contributed by atoms with Crippen molar-refractivity contribution in [2.45, 2.75) is 11.8 Å². The Morgan fingerprint density at radius 1 is 1.17 bits per heavy atom. The Morgan fingerprint density at radius 2 is 1.83 bits per heavy atom. The number of hydrogen-bond acceptors (Lipinski definition) is 6. The molecule has 0 aliphatic carbocycles. The van der Waals surface area contributed by atoms with Gasteiger partial charge in [0.2, 0.25) is 5.91 Å². The highest BCUT2D eigenvalue weighted by Gasteiger charge is 2.20. The number of carbonyl (C=O) groups is 1. The summed E-state index contributed by atoms with van der Waals surface area (Å²) in [6.07, 6.45) is 0. The molecule has 0 saturated carbocycles. The van der Waals surface area contributed by atoms with E-state index < -0.39 is 20.9 Å². The maximum absolute atomic E-state index is 12.1. The zero-order valence-electron chi connectivity index (χ0n) is 11.9. The average Bonchev–Trinajstić information content (AvgIpc) is 2.47. The summed E-state index contributed by atoms with van der Waals surface area (Å²) in [4.78, 5) is 21.3. The van der Waals surface area contributed by atoms with Crippen LogP contribution in [0, 0.1) is 10.1 Å². The normalized spacial score (nSPS) is 10.8. The molecule has 0 aliphatic rings. The molecule has 2 aromatic rings. The van der Waals surface area contributed by atoms with E-state index in [1.165, 1.54) is 31.2 Å². The van der Waals surface area contributed by atoms with Gasteiger partial charge in [-0.15, -0.1) is 0 Å². The Kier molecular flexibility index (Phi) is 4.60. The standard InChI is InChI=1S/C14H12N2O6S/c1-10(17)15-13-9-11(7-8-14(13)16(18)19)22-23(20,21)12-5-3-2-4-6-12/h2-9H,1H3,(H,15,17). The molecule has 2 aromatic carbocycles. The lowest BCUT2D eigenvalue weighted by Gasteiger charge is -2.09. The number of nitro benzene ring substituents is 1. The molecule has 0 bridgehead atoms. The first kappa shape index (κ1) is 16.4. The van der Waals surface area contributed by atoms with Gasteiger partial charge in [0.1, 0.15) is 16.3 Å². The highest BCUT2D eigenvalue weighted by Crippen LogP contribution is 2.30. The fourth-order valence-corrected chi connectivity index (χ4v) is 2.72. The Balaban J connectivity index is 2.37. The van der Waals surface area contributed by atoms with E-state index >= 15 is 0 Å². The van der Waals surface area contributed by atoms with Crippen molar-refractivity contribution in [1.82, 2.24) is 0 Å². The maximum atomic E-state index is 12.1. The molecule has 1 N–H and O–H groups in total. The van der Waals surface area contributed by atoms with E-state index in [1.54, 1.807) is 6.07 Å². The van der Waals surface area contributed by atoms with Gasteiger partial charge in [-0.3, -0.25) is 14.9 Å². The van der Waals surface area contributed by atoms with Crippen LogP contribution in [0.5, 0.6) is 5.75 Å². The van der Waals surface area contributed by atoms with Gasteiger partial charge in [0.15, 0.2) is 0 Å². The van der Waals surface area contributed by atoms with Gasteiger partial charge in [-0.1, -0.05) is 18.2 Å². The number of nitro groups is 1. The molecule has 0 spiro atoms. The second-order valence-corrected chi connectivity index (χ2v) is 6.01. The lowest BCUT2D eigenvalue weighted by molar-refractivity contribution is -0.383. The fourth-order valence-electron chi connectivity index (χ4n) is 1.78. The SMILES string of the molecule is CC(=O)Nc1cc(OS(=O)(=O)c2ccccc2)ccc1[N+](=O)[O-]. The van der Waals surface area contributed by atoms with Crippen molar-refractivity contribution in [3.05, 3.63) is 58.6 Å². The number of anilines is 1. The average molecular weight is 336 g/mol. The van der Waals surface area contributed by atoms with Crippen molar-refractivity contribution in [3.8, 4) is 5.75 Å². The number of benzene rings is 2. The zero-order valence-corrected chi connectivity index (χ0v) is 12.7. The number of nitrogens with one attached hydrogen (secondary N) is 1. The molecule has 0 heterocycles. The Bertz CT molecular complexity index is 849. The monoisotopic (exact) mass is 336 g/mol. The van der Waals surface area contributed by atoms with E-state index in [0.717, 1.165) is 18.2 Å². The fraction of sp³-hybridized carbons (Fsp3) is 0.0714. The van der Waals surface area contributed by atoms with Crippen LogP contribution < -0.4 is 9.50 Å². The van der Waals surface area contributed by atoms with Crippen LogP contribution in [0.2, 0.25) is 0 Å². The number of nitrogens with zero attached hydrogens (tertiary/aromatic N) is 1. The van der Waals surface area contributed by atoms with E-state index in [-0.39, 0.29) is 22.0 Å². The number of hydrogen-bond donors (Lipinski definition) is 1. The number of amides is 1. The topological polar surface area (TPSA) is 116 Å². The van der Waals surface area contributed by atoms with Gasteiger partial charge in [-0.05, 0) is 18.2 Å². The van der Waals surface area contributed by atoms with E-state index in [1.807, 2.05) is 0 Å². The summed E-state index contributed by atoms with van der Waals surface area (Å²) in [6.45, 7) is 1.18. The Morgan fingerprint density at radius 3 is 2.39 bits per heavy atom. The lowest BCUT2D eigenvalue weighted by Crippen LogP contribution is -2.11. The van der Waals surface area contributed by atoms with Crippen LogP contribution >= 0.6 is 0 Å². The van der Waals surface area contributed by atoms with Crippen LogP contribution in [-0.4, -0.2) is 19.2 Å². The second-order valence-electron chi connectivity index (χ2n) is 4.47. The van der Waals surface area contributed by atoms with Crippen molar-refractivity contribution in [2.75, 3.05) is 5.32 Å². The van der Waals surface area contributed by atoms with Crippen LogP contribution in [-0.2, 0) is 14.9 Å². The summed E-state index contributed by atoms with van der Waals surface area (Å²) in [5.41, 5.74) is -0.520. The number of rotatable bonds is 5. The molecule has 9 heteroatoms. The third kappa shape index (κ3) is 4.04. The summed E-state index contributed by atoms with van der Waals surface area (Å²) < 4.78 is 29.2. The predicted molar refractivity (Wildman–Crippen MR) is 81.7 cm³/mol. The minimum atomic E-state index is -4.07. The van der Waals surface area contributed by atoms with E-state index in [9.17, 15) is 23.3 Å². The van der Waals surface area contributed by atoms with E-state index in [2.05, 4.69) is 5.32 Å². The summed E-state index contributed by atoms with van der Waals surface area (Å²) in [7, 11) is -4.07. The molecule has 8 nitrogen and oxygen atoms in total. The molecular weight excluding hydrogens is 324 g/mol. The third-order valence-corrected chi connectivity index (χ3v) is 3.97. The summed E-state index contributed by atoms with van der Waals surface area (Å²) in [5, 5.41) is 13.2. The van der Waals surface area contributed by atoms with E-state index in [4.69, 9.17) is 4.18 Å². The summed E-state index contributed by atoms with van der Waals surface area (Å²) in [6, 6.07) is 10.7. The molecular formula is C14H12N2O6S. The van der Waals surface area contributed by atoms with Crippen molar-refractivity contribution >= 4 is 27.4 Å². The van der Waals surface area contributed by atoms with Crippen LogP contribution in [0.1, 0.15) is 6.92 Å². The van der Waals surface area contributed by atoms with Crippen LogP contribution in [0.4, 0.5) is 11.4 Å². The summed E-state index contributed by atoms with van der Waals surface area (Å²) in [5.74, 6) is -0.681.